The van der Waals surface area contributed by atoms with Crippen LogP contribution >= 0.6 is 0 Å². The molecule has 2 aromatic rings. The second-order valence-electron chi connectivity index (χ2n) is 6.18. The van der Waals surface area contributed by atoms with Crippen molar-refractivity contribution in [3.63, 3.8) is 0 Å². The molecule has 7 heteroatoms. The molecule has 0 aliphatic carbocycles. The van der Waals surface area contributed by atoms with E-state index >= 15 is 0 Å². The Bertz CT molecular complexity index is 834. The summed E-state index contributed by atoms with van der Waals surface area (Å²) in [7, 11) is 0. The van der Waals surface area contributed by atoms with E-state index in [4.69, 9.17) is 14.2 Å². The van der Waals surface area contributed by atoms with E-state index in [1.807, 2.05) is 0 Å². The van der Waals surface area contributed by atoms with E-state index in [0.29, 0.717) is 5.56 Å². The van der Waals surface area contributed by atoms with Crippen LogP contribution in [0.1, 0.15) is 27.6 Å². The summed E-state index contributed by atoms with van der Waals surface area (Å²) in [5, 5.41) is 0. The van der Waals surface area contributed by atoms with Crippen LogP contribution in [0.15, 0.2) is 60.7 Å². The van der Waals surface area contributed by atoms with Crippen molar-refractivity contribution in [3.8, 4) is 0 Å². The van der Waals surface area contributed by atoms with Crippen molar-refractivity contribution in [1.82, 2.24) is 0 Å². The molecule has 0 radical (unpaired) electrons. The molecule has 0 spiro atoms. The van der Waals surface area contributed by atoms with Gasteiger partial charge in [-0.3, -0.25) is 0 Å². The van der Waals surface area contributed by atoms with E-state index in [1.54, 1.807) is 48.5 Å². The summed E-state index contributed by atoms with van der Waals surface area (Å²) in [6.45, 7) is 0.531. The van der Waals surface area contributed by atoms with Crippen molar-refractivity contribution in [2.45, 2.75) is 24.8 Å². The van der Waals surface area contributed by atoms with Gasteiger partial charge in [-0.1, -0.05) is 36.4 Å². The number of carbonyl (C=O) groups excluding carboxylic acids is 3. The number of hydrogen-bond donors (Lipinski definition) is 0. The highest BCUT2D eigenvalue weighted by atomic mass is 19.1. The van der Waals surface area contributed by atoms with Gasteiger partial charge in [0.2, 0.25) is 5.67 Å². The first-order valence-electron chi connectivity index (χ1n) is 8.28. The average molecular weight is 372 g/mol. The summed E-state index contributed by atoms with van der Waals surface area (Å²) in [5.74, 6) is -2.64. The highest BCUT2D eigenvalue weighted by Crippen LogP contribution is 2.33. The molecule has 2 aromatic carbocycles. The van der Waals surface area contributed by atoms with Gasteiger partial charge in [0.15, 0.2) is 12.2 Å². The molecule has 0 saturated carbocycles. The lowest BCUT2D eigenvalue weighted by atomic mass is 10.00. The molecule has 1 aliphatic rings. The Labute approximate surface area is 154 Å². The number of carbonyl (C=O) groups is 3. The van der Waals surface area contributed by atoms with Crippen LogP contribution in [0.3, 0.4) is 0 Å². The topological polar surface area (TPSA) is 78.9 Å². The maximum Gasteiger partial charge on any atom is 0.348 e. The third kappa shape index (κ3) is 3.97. The van der Waals surface area contributed by atoms with Gasteiger partial charge in [0.05, 0.1) is 11.1 Å². The molecule has 140 valence electrons. The molecule has 0 N–H and O–H groups in total. The Kier molecular flexibility index (Phi) is 5.21. The normalized spacial score (nSPS) is 24.1. The number of esters is 3. The minimum atomic E-state index is -2.55. The first-order valence-corrected chi connectivity index (χ1v) is 8.28. The number of hydrogen-bond acceptors (Lipinski definition) is 6. The van der Waals surface area contributed by atoms with E-state index in [1.165, 1.54) is 12.1 Å². The van der Waals surface area contributed by atoms with Crippen LogP contribution in [-0.2, 0) is 19.0 Å². The Morgan fingerprint density at radius 1 is 1.00 bits per heavy atom. The highest BCUT2D eigenvalue weighted by Gasteiger charge is 2.58. The van der Waals surface area contributed by atoms with Gasteiger partial charge in [-0.15, -0.1) is 0 Å². The predicted molar refractivity (Wildman–Crippen MR) is 91.8 cm³/mol. The molecule has 1 fully saturated rings. The van der Waals surface area contributed by atoms with Crippen molar-refractivity contribution < 1.29 is 33.0 Å². The smallest absolute Gasteiger partial charge is 0.348 e. The van der Waals surface area contributed by atoms with Crippen LogP contribution in [0.25, 0.3) is 0 Å². The van der Waals surface area contributed by atoms with Crippen LogP contribution in [-0.4, -0.2) is 42.4 Å². The van der Waals surface area contributed by atoms with Crippen molar-refractivity contribution in [3.05, 3.63) is 71.8 Å². The molecule has 0 unspecified atom stereocenters. The summed E-state index contributed by atoms with van der Waals surface area (Å²) in [4.78, 5) is 36.1. The van der Waals surface area contributed by atoms with Gasteiger partial charge < -0.3 is 14.2 Å². The minimum Gasteiger partial charge on any atom is -0.458 e. The molecule has 3 atom stereocenters. The number of halogens is 1. The predicted octanol–water partition coefficient (Wildman–Crippen LogP) is 2.72. The maximum absolute atomic E-state index is 14.8. The van der Waals surface area contributed by atoms with Crippen LogP contribution in [0.4, 0.5) is 4.39 Å². The van der Waals surface area contributed by atoms with Gasteiger partial charge in [0.25, 0.3) is 0 Å². The lowest BCUT2D eigenvalue weighted by Gasteiger charge is -2.22. The van der Waals surface area contributed by atoms with Crippen molar-refractivity contribution >= 4 is 17.9 Å². The largest absolute Gasteiger partial charge is 0.458 e. The molecule has 0 amide bonds. The first kappa shape index (κ1) is 18.6. The fourth-order valence-corrected chi connectivity index (χ4v) is 2.66. The molecule has 3 rings (SSSR count). The number of alkyl halides is 1. The van der Waals surface area contributed by atoms with E-state index in [9.17, 15) is 18.8 Å². The van der Waals surface area contributed by atoms with Gasteiger partial charge in [-0.05, 0) is 31.2 Å². The molecule has 0 aromatic heterocycles. The molecule has 27 heavy (non-hydrogen) atoms. The second-order valence-corrected chi connectivity index (χ2v) is 6.18. The standard InChI is InChI=1S/C20H17FO6/c1-20(21)16(27-18(23)14-10-6-3-7-11-14)15(26-19(20)24)12-25-17(22)13-8-4-2-5-9-13/h2-11,15-16H,12H2,1H3/t15-,16-,20-/m1/s1. The molecule has 1 heterocycles. The lowest BCUT2D eigenvalue weighted by Crippen LogP contribution is -2.44. The molecular formula is C20H17FO6. The van der Waals surface area contributed by atoms with E-state index in [0.717, 1.165) is 6.92 Å². The van der Waals surface area contributed by atoms with Crippen molar-refractivity contribution in [1.29, 1.82) is 0 Å². The third-order valence-electron chi connectivity index (χ3n) is 4.16. The third-order valence-corrected chi connectivity index (χ3v) is 4.16. The van der Waals surface area contributed by atoms with E-state index in [2.05, 4.69) is 0 Å². The fraction of sp³-hybridized carbons (Fsp3) is 0.250. The Hall–Kier alpha value is -3.22. The van der Waals surface area contributed by atoms with E-state index < -0.39 is 42.4 Å². The molecular weight excluding hydrogens is 355 g/mol. The van der Waals surface area contributed by atoms with Crippen LogP contribution in [0, 0.1) is 0 Å². The van der Waals surface area contributed by atoms with Crippen LogP contribution < -0.4 is 0 Å². The summed E-state index contributed by atoms with van der Waals surface area (Å²) >= 11 is 0. The molecule has 6 nitrogen and oxygen atoms in total. The number of benzene rings is 2. The maximum atomic E-state index is 14.8. The van der Waals surface area contributed by atoms with Gasteiger partial charge in [0.1, 0.15) is 6.61 Å². The minimum absolute atomic E-state index is 0.202. The molecule has 1 saturated heterocycles. The van der Waals surface area contributed by atoms with Gasteiger partial charge >= 0.3 is 17.9 Å². The lowest BCUT2D eigenvalue weighted by molar-refractivity contribution is -0.150. The fourth-order valence-electron chi connectivity index (χ4n) is 2.66. The van der Waals surface area contributed by atoms with Gasteiger partial charge in [-0.2, -0.15) is 0 Å². The highest BCUT2D eigenvalue weighted by molar-refractivity contribution is 5.91. The summed E-state index contributed by atoms with van der Waals surface area (Å²) in [6.07, 6.45) is -2.78. The summed E-state index contributed by atoms with van der Waals surface area (Å²) in [5.41, 5.74) is -2.05. The quantitative estimate of drug-likeness (QED) is 0.593. The average Bonchev–Trinajstić information content (AvgIpc) is 2.90. The Balaban J connectivity index is 1.70. The summed E-state index contributed by atoms with van der Waals surface area (Å²) in [6, 6.07) is 16.1. The number of rotatable bonds is 5. The Morgan fingerprint density at radius 3 is 2.07 bits per heavy atom. The van der Waals surface area contributed by atoms with Gasteiger partial charge in [-0.25, -0.2) is 18.8 Å². The zero-order chi connectivity index (χ0) is 19.4. The van der Waals surface area contributed by atoms with Gasteiger partial charge in [0, 0.05) is 0 Å². The number of ether oxygens (including phenoxy) is 3. The first-order chi connectivity index (χ1) is 12.9. The zero-order valence-electron chi connectivity index (χ0n) is 14.5. The van der Waals surface area contributed by atoms with Crippen molar-refractivity contribution in [2.75, 3.05) is 6.61 Å². The summed E-state index contributed by atoms with van der Waals surface area (Å²) < 4.78 is 30.0. The van der Waals surface area contributed by atoms with Crippen LogP contribution in [0.2, 0.25) is 0 Å². The Morgan fingerprint density at radius 2 is 1.52 bits per heavy atom. The zero-order valence-corrected chi connectivity index (χ0v) is 14.5. The number of cyclic esters (lactones) is 1. The molecule has 0 bridgehead atoms. The SMILES string of the molecule is C[C@]1(F)C(=O)O[C@H](COC(=O)c2ccccc2)[C@H]1OC(=O)c1ccccc1. The molecule has 1 aliphatic heterocycles. The second kappa shape index (κ2) is 7.57. The van der Waals surface area contributed by atoms with Crippen molar-refractivity contribution in [2.24, 2.45) is 0 Å². The van der Waals surface area contributed by atoms with Crippen LogP contribution in [0.5, 0.6) is 0 Å². The monoisotopic (exact) mass is 372 g/mol. The van der Waals surface area contributed by atoms with E-state index in [-0.39, 0.29) is 5.56 Å².